The van der Waals surface area contributed by atoms with Crippen LogP contribution in [-0.2, 0) is 13.1 Å². The number of para-hydroxylation sites is 1. The molecule has 194 valence electrons. The Kier molecular flexibility index (Phi) is 7.57. The highest BCUT2D eigenvalue weighted by atomic mass is 79.9. The Labute approximate surface area is 234 Å². The molecule has 3 aromatic carbocycles. The molecule has 8 nitrogen and oxygen atoms in total. The summed E-state index contributed by atoms with van der Waals surface area (Å²) in [5.74, 6) is 0.436. The van der Waals surface area contributed by atoms with Crippen molar-refractivity contribution in [1.82, 2.24) is 19.9 Å². The molecule has 0 aliphatic rings. The van der Waals surface area contributed by atoms with Crippen LogP contribution in [0.25, 0.3) is 16.9 Å². The quantitative estimate of drug-likeness (QED) is 0.206. The Hall–Kier alpha value is -4.68. The first-order chi connectivity index (χ1) is 18.9. The third-order valence-electron chi connectivity index (χ3n) is 6.40. The van der Waals surface area contributed by atoms with Gasteiger partial charge in [-0.25, -0.2) is 4.98 Å². The van der Waals surface area contributed by atoms with Crippen molar-refractivity contribution in [3.63, 3.8) is 0 Å². The van der Waals surface area contributed by atoms with Gasteiger partial charge in [-0.3, -0.25) is 4.79 Å². The molecule has 1 unspecified atom stereocenters. The molecular formula is C30H25BrN6O2. The zero-order valence-corrected chi connectivity index (χ0v) is 22.7. The van der Waals surface area contributed by atoms with Gasteiger partial charge in [0, 0.05) is 30.3 Å². The van der Waals surface area contributed by atoms with E-state index in [2.05, 4.69) is 42.7 Å². The summed E-state index contributed by atoms with van der Waals surface area (Å²) in [5, 5.41) is 30.3. The summed E-state index contributed by atoms with van der Waals surface area (Å²) < 4.78 is 2.46. The summed E-state index contributed by atoms with van der Waals surface area (Å²) in [6.07, 6.45) is 1.69. The summed E-state index contributed by atoms with van der Waals surface area (Å²) >= 11 is 3.50. The fourth-order valence-corrected chi connectivity index (χ4v) is 4.51. The number of phenolic OH excluding ortho intramolecular Hbond substituents is 1. The van der Waals surface area contributed by atoms with E-state index < -0.39 is 0 Å². The molecule has 0 aliphatic heterocycles. The molecule has 1 atom stereocenters. The normalized spacial score (nSPS) is 11.6. The van der Waals surface area contributed by atoms with Gasteiger partial charge in [-0.15, -0.1) is 0 Å². The fourth-order valence-electron chi connectivity index (χ4n) is 4.17. The molecule has 2 aromatic heterocycles. The van der Waals surface area contributed by atoms with Gasteiger partial charge in [0.25, 0.3) is 5.91 Å². The number of amides is 1. The van der Waals surface area contributed by atoms with Gasteiger partial charge in [0.1, 0.15) is 11.6 Å². The van der Waals surface area contributed by atoms with Crippen LogP contribution < -0.4 is 10.6 Å². The molecule has 0 bridgehead atoms. The van der Waals surface area contributed by atoms with Gasteiger partial charge in [0.15, 0.2) is 5.65 Å². The van der Waals surface area contributed by atoms with Crippen LogP contribution in [0.5, 0.6) is 5.75 Å². The molecule has 0 saturated carbocycles. The second-order valence-electron chi connectivity index (χ2n) is 9.10. The number of phenols is 1. The molecule has 0 saturated heterocycles. The van der Waals surface area contributed by atoms with Gasteiger partial charge in [-0.1, -0.05) is 48.5 Å². The maximum atomic E-state index is 12.6. The molecule has 1 amide bonds. The lowest BCUT2D eigenvalue weighted by Gasteiger charge is -2.12. The molecule has 3 N–H and O–H groups in total. The van der Waals surface area contributed by atoms with Crippen molar-refractivity contribution in [3.05, 3.63) is 112 Å². The zero-order chi connectivity index (χ0) is 27.4. The number of hydrogen-bond acceptors (Lipinski definition) is 6. The van der Waals surface area contributed by atoms with E-state index in [4.69, 9.17) is 5.26 Å². The minimum absolute atomic E-state index is 0.156. The first kappa shape index (κ1) is 25.9. The number of anilines is 1. The maximum absolute atomic E-state index is 12.6. The van der Waals surface area contributed by atoms with Gasteiger partial charge in [0.2, 0.25) is 0 Å². The Bertz CT molecular complexity index is 1690. The Morgan fingerprint density at radius 1 is 1.05 bits per heavy atom. The number of aromatic hydroxyl groups is 1. The Morgan fingerprint density at radius 3 is 2.54 bits per heavy atom. The number of aromatic nitrogens is 3. The SMILES string of the molecule is CC(C#N)c1cccc(C(=O)NCc2ccc(CNc3cc(-c4ccccc4O)nc4c(Br)cnn34)cc2)c1. The lowest BCUT2D eigenvalue weighted by Crippen LogP contribution is -2.22. The van der Waals surface area contributed by atoms with Crippen LogP contribution >= 0.6 is 15.9 Å². The van der Waals surface area contributed by atoms with E-state index in [0.29, 0.717) is 35.6 Å². The van der Waals surface area contributed by atoms with Crippen molar-refractivity contribution in [2.24, 2.45) is 0 Å². The fraction of sp³-hybridized carbons (Fsp3) is 0.133. The van der Waals surface area contributed by atoms with Crippen molar-refractivity contribution < 1.29 is 9.90 Å². The van der Waals surface area contributed by atoms with Crippen molar-refractivity contribution in [1.29, 1.82) is 5.26 Å². The number of rotatable bonds is 8. The van der Waals surface area contributed by atoms with E-state index in [1.165, 1.54) is 0 Å². The van der Waals surface area contributed by atoms with Crippen LogP contribution in [0.15, 0.2) is 89.5 Å². The van der Waals surface area contributed by atoms with Crippen LogP contribution in [0.1, 0.15) is 39.9 Å². The number of carbonyl (C=O) groups excluding carboxylic acids is 1. The molecule has 0 spiro atoms. The van der Waals surface area contributed by atoms with Crippen molar-refractivity contribution >= 4 is 33.3 Å². The Morgan fingerprint density at radius 2 is 1.79 bits per heavy atom. The molecule has 5 rings (SSSR count). The van der Waals surface area contributed by atoms with E-state index in [1.54, 1.807) is 41.0 Å². The molecule has 5 aromatic rings. The van der Waals surface area contributed by atoms with E-state index in [1.807, 2.05) is 55.5 Å². The van der Waals surface area contributed by atoms with Gasteiger partial charge in [0.05, 0.1) is 28.4 Å². The average molecular weight is 581 g/mol. The first-order valence-electron chi connectivity index (χ1n) is 12.3. The van der Waals surface area contributed by atoms with Gasteiger partial charge in [-0.2, -0.15) is 14.9 Å². The van der Waals surface area contributed by atoms with Crippen molar-refractivity contribution in [2.75, 3.05) is 5.32 Å². The van der Waals surface area contributed by atoms with Crippen LogP contribution in [0.3, 0.4) is 0 Å². The predicted octanol–water partition coefficient (Wildman–Crippen LogP) is 6.03. The number of nitriles is 1. The number of hydrogen-bond donors (Lipinski definition) is 3. The number of carbonyl (C=O) groups is 1. The van der Waals surface area contributed by atoms with E-state index >= 15 is 0 Å². The highest BCUT2D eigenvalue weighted by Crippen LogP contribution is 2.31. The predicted molar refractivity (Wildman–Crippen MR) is 153 cm³/mol. The van der Waals surface area contributed by atoms with Crippen LogP contribution in [0.4, 0.5) is 5.82 Å². The monoisotopic (exact) mass is 580 g/mol. The smallest absolute Gasteiger partial charge is 0.251 e. The van der Waals surface area contributed by atoms with Crippen molar-refractivity contribution in [2.45, 2.75) is 25.9 Å². The second kappa shape index (κ2) is 11.4. The number of halogens is 1. The number of nitrogens with one attached hydrogen (secondary N) is 2. The molecule has 0 aliphatic carbocycles. The van der Waals surface area contributed by atoms with Gasteiger partial charge in [-0.05, 0) is 63.8 Å². The molecule has 2 heterocycles. The lowest BCUT2D eigenvalue weighted by atomic mass is 10.0. The van der Waals surface area contributed by atoms with Crippen LogP contribution in [-0.4, -0.2) is 25.6 Å². The molecule has 0 radical (unpaired) electrons. The summed E-state index contributed by atoms with van der Waals surface area (Å²) in [5.41, 5.74) is 5.27. The van der Waals surface area contributed by atoms with Crippen molar-refractivity contribution in [3.8, 4) is 23.1 Å². The summed E-state index contributed by atoms with van der Waals surface area (Å²) in [6.45, 7) is 2.74. The second-order valence-corrected chi connectivity index (χ2v) is 9.96. The van der Waals surface area contributed by atoms with Gasteiger partial charge >= 0.3 is 0 Å². The minimum atomic E-state index is -0.269. The minimum Gasteiger partial charge on any atom is -0.507 e. The maximum Gasteiger partial charge on any atom is 0.251 e. The topological polar surface area (TPSA) is 115 Å². The molecular weight excluding hydrogens is 556 g/mol. The molecule has 39 heavy (non-hydrogen) atoms. The first-order valence-corrected chi connectivity index (χ1v) is 13.1. The largest absolute Gasteiger partial charge is 0.507 e. The van der Waals surface area contributed by atoms with Crippen LogP contribution in [0.2, 0.25) is 0 Å². The highest BCUT2D eigenvalue weighted by molar-refractivity contribution is 9.10. The number of nitrogens with zero attached hydrogens (tertiary/aromatic N) is 4. The summed E-state index contributed by atoms with van der Waals surface area (Å²) in [6, 6.07) is 26.3. The third-order valence-corrected chi connectivity index (χ3v) is 6.96. The number of fused-ring (bicyclic) bond motifs is 1. The average Bonchev–Trinajstić information content (AvgIpc) is 3.35. The van der Waals surface area contributed by atoms with Crippen LogP contribution in [0, 0.1) is 11.3 Å². The highest BCUT2D eigenvalue weighted by Gasteiger charge is 2.14. The Balaban J connectivity index is 1.26. The van der Waals surface area contributed by atoms with Gasteiger partial charge < -0.3 is 15.7 Å². The number of benzene rings is 3. The summed E-state index contributed by atoms with van der Waals surface area (Å²) in [4.78, 5) is 17.3. The van der Waals surface area contributed by atoms with E-state index in [0.717, 1.165) is 27.0 Å². The summed E-state index contributed by atoms with van der Waals surface area (Å²) in [7, 11) is 0. The zero-order valence-electron chi connectivity index (χ0n) is 21.1. The van der Waals surface area contributed by atoms with E-state index in [-0.39, 0.29) is 17.6 Å². The third kappa shape index (κ3) is 5.76. The lowest BCUT2D eigenvalue weighted by molar-refractivity contribution is 0.0951. The van der Waals surface area contributed by atoms with E-state index in [9.17, 15) is 9.90 Å². The molecule has 0 fully saturated rings. The molecule has 9 heteroatoms. The standard InChI is InChI=1S/C30H25BrN6O2/c1-19(15-32)22-5-4-6-23(13-22)30(39)34-17-21-11-9-20(10-12-21)16-33-28-14-26(24-7-2-3-8-27(24)38)36-29-25(31)18-35-37(28)29/h2-14,18-19,33,38H,16-17H2,1H3,(H,34,39).